The van der Waals surface area contributed by atoms with Gasteiger partial charge in [0.15, 0.2) is 28.8 Å². The highest BCUT2D eigenvalue weighted by atomic mass is 35.5. The largest absolute Gasteiger partial charge is 0.546 e. The lowest BCUT2D eigenvalue weighted by molar-refractivity contribution is -0.307. The molecule has 1 heterocycles. The van der Waals surface area contributed by atoms with Gasteiger partial charge in [-0.3, -0.25) is 4.79 Å². The summed E-state index contributed by atoms with van der Waals surface area (Å²) in [6.07, 6.45) is 3.00. The molecule has 0 fully saturated rings. The minimum absolute atomic E-state index is 0.200. The van der Waals surface area contributed by atoms with Crippen LogP contribution < -0.4 is 24.1 Å². The summed E-state index contributed by atoms with van der Waals surface area (Å²) >= 11 is 6.19. The smallest absolute Gasteiger partial charge is 0.185 e. The van der Waals surface area contributed by atoms with Crippen molar-refractivity contribution in [2.45, 2.75) is 0 Å². The van der Waals surface area contributed by atoms with Crippen molar-refractivity contribution in [2.24, 2.45) is 0 Å². The molecule has 0 aliphatic carbocycles. The number of hydrogen-bond acceptors (Lipinski definition) is 7. The molecule has 0 aromatic heterocycles. The van der Waals surface area contributed by atoms with Crippen molar-refractivity contribution < 1.29 is 33.6 Å². The molecule has 0 amide bonds. The quantitative estimate of drug-likeness (QED) is 0.516. The van der Waals surface area contributed by atoms with Crippen molar-refractivity contribution in [1.82, 2.24) is 0 Å². The van der Waals surface area contributed by atoms with E-state index < -0.39 is 12.6 Å². The zero-order valence-corrected chi connectivity index (χ0v) is 15.7. The summed E-state index contributed by atoms with van der Waals surface area (Å²) in [5, 5.41) is 10.9. The molecule has 146 valence electrons. The summed E-state index contributed by atoms with van der Waals surface area (Å²) in [7, 11) is 1.39. The number of halogens is 1. The Morgan fingerprint density at radius 3 is 2.71 bits per heavy atom. The number of carbonyl (C=O) groups is 2. The van der Waals surface area contributed by atoms with Crippen LogP contribution in [0.3, 0.4) is 0 Å². The number of carbonyl (C=O) groups excluding carboxylic acids is 2. The van der Waals surface area contributed by atoms with E-state index in [2.05, 4.69) is 0 Å². The highest BCUT2D eigenvalue weighted by Crippen LogP contribution is 2.38. The molecule has 1 aliphatic rings. The van der Waals surface area contributed by atoms with Gasteiger partial charge in [-0.1, -0.05) is 17.7 Å². The van der Waals surface area contributed by atoms with Crippen LogP contribution in [0.5, 0.6) is 23.0 Å². The maximum atomic E-state index is 12.5. The lowest BCUT2D eigenvalue weighted by Gasteiger charge is -2.19. The number of carboxylic acid groups (broad SMARTS) is 1. The summed E-state index contributed by atoms with van der Waals surface area (Å²) in [5.74, 6) is -0.178. The van der Waals surface area contributed by atoms with E-state index >= 15 is 0 Å². The van der Waals surface area contributed by atoms with Crippen molar-refractivity contribution in [3.8, 4) is 23.0 Å². The summed E-state index contributed by atoms with van der Waals surface area (Å²) in [6, 6.07) is 7.85. The lowest BCUT2D eigenvalue weighted by atomic mass is 10.1. The van der Waals surface area contributed by atoms with Crippen LogP contribution in [0, 0.1) is 0 Å². The Labute approximate surface area is 166 Å². The maximum absolute atomic E-state index is 12.5. The van der Waals surface area contributed by atoms with Crippen LogP contribution in [0.2, 0.25) is 5.02 Å². The first kappa shape index (κ1) is 19.6. The van der Waals surface area contributed by atoms with E-state index in [4.69, 9.17) is 30.5 Å². The van der Waals surface area contributed by atoms with Gasteiger partial charge in [0.25, 0.3) is 0 Å². The molecule has 0 unspecified atom stereocenters. The topological polar surface area (TPSA) is 94.1 Å². The van der Waals surface area contributed by atoms with E-state index in [1.54, 1.807) is 18.2 Å². The van der Waals surface area contributed by atoms with E-state index in [-0.39, 0.29) is 17.3 Å². The molecule has 0 spiro atoms. The number of ketones is 1. The van der Waals surface area contributed by atoms with Crippen molar-refractivity contribution in [1.29, 1.82) is 0 Å². The van der Waals surface area contributed by atoms with Gasteiger partial charge >= 0.3 is 0 Å². The summed E-state index contributed by atoms with van der Waals surface area (Å²) < 4.78 is 21.2. The molecule has 0 radical (unpaired) electrons. The number of benzene rings is 2. The summed E-state index contributed by atoms with van der Waals surface area (Å²) in [5.41, 5.74) is 1.03. The summed E-state index contributed by atoms with van der Waals surface area (Å²) in [4.78, 5) is 23.0. The van der Waals surface area contributed by atoms with Crippen molar-refractivity contribution >= 4 is 29.4 Å². The number of fused-ring (bicyclic) bond motifs is 1. The average molecular weight is 404 g/mol. The number of ether oxygens (including phenoxy) is 4. The molecule has 0 N–H and O–H groups in total. The third-order valence-electron chi connectivity index (χ3n) is 3.84. The van der Waals surface area contributed by atoms with Crippen molar-refractivity contribution in [3.05, 3.63) is 52.6 Å². The second kappa shape index (κ2) is 8.67. The second-order valence-corrected chi connectivity index (χ2v) is 6.16. The Bertz CT molecular complexity index is 936. The van der Waals surface area contributed by atoms with Gasteiger partial charge < -0.3 is 28.8 Å². The van der Waals surface area contributed by atoms with Crippen molar-refractivity contribution in [2.75, 3.05) is 26.9 Å². The van der Waals surface area contributed by atoms with Gasteiger partial charge in [-0.15, -0.1) is 0 Å². The normalized spacial score (nSPS) is 12.6. The number of aliphatic carboxylic acids is 1. The number of hydrogen-bond donors (Lipinski definition) is 0. The molecule has 2 aromatic rings. The standard InChI is InChI=1S/C20H17ClO7/c1-25-17-10-13(3-5-16(17)28-11-19(23)24)15(22)4-2-12-8-14(21)20-18(9-12)26-6-7-27-20/h2-5,8-10H,6-7,11H2,1H3,(H,23,24)/p-1/b4-2+. The Balaban J connectivity index is 1.77. The predicted molar refractivity (Wildman–Crippen MR) is 99.3 cm³/mol. The number of methoxy groups -OCH3 is 1. The van der Waals surface area contributed by atoms with Gasteiger partial charge in [-0.2, -0.15) is 0 Å². The van der Waals surface area contributed by atoms with Gasteiger partial charge in [0, 0.05) is 5.56 Å². The van der Waals surface area contributed by atoms with Crippen LogP contribution in [0.4, 0.5) is 0 Å². The van der Waals surface area contributed by atoms with E-state index in [0.717, 1.165) is 0 Å². The van der Waals surface area contributed by atoms with Gasteiger partial charge in [0.1, 0.15) is 19.8 Å². The second-order valence-electron chi connectivity index (χ2n) is 5.75. The molecule has 7 nitrogen and oxygen atoms in total. The fraction of sp³-hybridized carbons (Fsp3) is 0.200. The minimum Gasteiger partial charge on any atom is -0.546 e. The molecule has 3 rings (SSSR count). The maximum Gasteiger partial charge on any atom is 0.185 e. The van der Waals surface area contributed by atoms with Crippen LogP contribution in [0.15, 0.2) is 36.4 Å². The molecule has 1 aliphatic heterocycles. The monoisotopic (exact) mass is 403 g/mol. The fourth-order valence-corrected chi connectivity index (χ4v) is 2.85. The molecule has 0 bridgehead atoms. The average Bonchev–Trinajstić information content (AvgIpc) is 2.70. The number of allylic oxidation sites excluding steroid dienone is 1. The van der Waals surface area contributed by atoms with Crippen LogP contribution >= 0.6 is 11.6 Å². The highest BCUT2D eigenvalue weighted by Gasteiger charge is 2.16. The fourth-order valence-electron chi connectivity index (χ4n) is 2.57. The van der Waals surface area contributed by atoms with Crippen molar-refractivity contribution in [3.63, 3.8) is 0 Å². The number of rotatable bonds is 7. The Morgan fingerprint density at radius 1 is 1.18 bits per heavy atom. The molecular weight excluding hydrogens is 388 g/mol. The first-order chi connectivity index (χ1) is 13.5. The molecule has 0 saturated heterocycles. The van der Waals surface area contributed by atoms with Crippen LogP contribution in [-0.4, -0.2) is 38.7 Å². The van der Waals surface area contributed by atoms with Crippen LogP contribution in [-0.2, 0) is 4.79 Å². The minimum atomic E-state index is -1.36. The van der Waals surface area contributed by atoms with E-state index in [9.17, 15) is 14.7 Å². The summed E-state index contributed by atoms with van der Waals surface area (Å²) in [6.45, 7) is 0.251. The predicted octanol–water partition coefficient (Wildman–Crippen LogP) is 2.14. The SMILES string of the molecule is COc1cc(C(=O)/C=C/c2cc(Cl)c3c(c2)OCCO3)ccc1OCC(=O)[O-]. The van der Waals surface area contributed by atoms with Crippen LogP contribution in [0.1, 0.15) is 15.9 Å². The molecule has 28 heavy (non-hydrogen) atoms. The Hall–Kier alpha value is -3.19. The van der Waals surface area contributed by atoms with Gasteiger partial charge in [-0.05, 0) is 42.0 Å². The molecule has 0 saturated carbocycles. The zero-order valence-electron chi connectivity index (χ0n) is 14.9. The highest BCUT2D eigenvalue weighted by molar-refractivity contribution is 6.32. The Kier molecular flexibility index (Phi) is 6.06. The van der Waals surface area contributed by atoms with E-state index in [1.165, 1.54) is 31.4 Å². The molecule has 8 heteroatoms. The molecular formula is C20H16ClO7-. The van der Waals surface area contributed by atoms with Gasteiger partial charge in [0.05, 0.1) is 18.1 Å². The Morgan fingerprint density at radius 2 is 1.96 bits per heavy atom. The first-order valence-electron chi connectivity index (χ1n) is 8.30. The molecule has 0 atom stereocenters. The van der Waals surface area contributed by atoms with Gasteiger partial charge in [-0.25, -0.2) is 0 Å². The van der Waals surface area contributed by atoms with Gasteiger partial charge in [0.2, 0.25) is 0 Å². The lowest BCUT2D eigenvalue weighted by Crippen LogP contribution is -2.29. The third kappa shape index (κ3) is 4.55. The van der Waals surface area contributed by atoms with E-state index in [0.29, 0.717) is 40.9 Å². The molecule has 2 aromatic carbocycles. The third-order valence-corrected chi connectivity index (χ3v) is 4.12. The number of carboxylic acids is 1. The van der Waals surface area contributed by atoms with E-state index in [1.807, 2.05) is 0 Å². The first-order valence-corrected chi connectivity index (χ1v) is 8.68. The van der Waals surface area contributed by atoms with Crippen LogP contribution in [0.25, 0.3) is 6.08 Å². The zero-order chi connectivity index (χ0) is 20.1.